The van der Waals surface area contributed by atoms with E-state index in [9.17, 15) is 9.59 Å². The van der Waals surface area contributed by atoms with Crippen LogP contribution in [-0.2, 0) is 18.5 Å². The molecule has 1 rings (SSSR count). The molecule has 1 aliphatic heterocycles. The van der Waals surface area contributed by atoms with E-state index in [0.717, 1.165) is 12.8 Å². The van der Waals surface area contributed by atoms with E-state index in [1.165, 1.54) is 16.9 Å². The van der Waals surface area contributed by atoms with Gasteiger partial charge in [0.25, 0.3) is 0 Å². The average molecular weight is 275 g/mol. The first-order chi connectivity index (χ1) is 8.70. The third-order valence-corrected chi connectivity index (χ3v) is 3.33. The Morgan fingerprint density at radius 1 is 1.33 bits per heavy atom. The molecule has 6 heteroatoms. The van der Waals surface area contributed by atoms with Gasteiger partial charge in [-0.05, 0) is 24.9 Å². The van der Waals surface area contributed by atoms with E-state index in [4.69, 9.17) is 8.92 Å². The molecule has 2 amide bonds. The molecule has 1 saturated heterocycles. The first-order valence-corrected chi connectivity index (χ1v) is 7.43. The van der Waals surface area contributed by atoms with Gasteiger partial charge in [-0.25, -0.2) is 0 Å². The Balaban J connectivity index is 2.12. The molecule has 0 bridgehead atoms. The molecule has 1 fully saturated rings. The lowest BCUT2D eigenvalue weighted by Gasteiger charge is -2.14. The number of imide groups is 1. The smallest absolute Gasteiger partial charge is 0.232 e. The standard InChI is InChI=1S/C12H21NO4S/c1-3-10-9-11(14)13(12(10)15)5-8-16-6-4-7-17-18-2/h10H,3-9H2,1-2H3. The Morgan fingerprint density at radius 3 is 2.72 bits per heavy atom. The minimum absolute atomic E-state index is 0.0446. The van der Waals surface area contributed by atoms with Crippen LogP contribution < -0.4 is 0 Å². The molecular weight excluding hydrogens is 254 g/mol. The third kappa shape index (κ3) is 4.59. The number of hydrogen-bond acceptors (Lipinski definition) is 5. The Kier molecular flexibility index (Phi) is 7.31. The molecule has 18 heavy (non-hydrogen) atoms. The molecule has 1 unspecified atom stereocenters. The van der Waals surface area contributed by atoms with Crippen LogP contribution in [-0.4, -0.2) is 49.3 Å². The molecule has 1 atom stereocenters. The van der Waals surface area contributed by atoms with E-state index < -0.39 is 0 Å². The van der Waals surface area contributed by atoms with Gasteiger partial charge < -0.3 is 8.92 Å². The van der Waals surface area contributed by atoms with Gasteiger partial charge in [-0.15, -0.1) is 0 Å². The molecule has 0 N–H and O–H groups in total. The minimum Gasteiger partial charge on any atom is -0.380 e. The number of rotatable bonds is 9. The zero-order valence-electron chi connectivity index (χ0n) is 11.0. The molecule has 1 aliphatic rings. The van der Waals surface area contributed by atoms with Gasteiger partial charge in [-0.1, -0.05) is 6.92 Å². The SMILES string of the molecule is CCC1CC(=O)N(CCOCCCOSC)C1=O. The maximum atomic E-state index is 11.8. The molecule has 1 heterocycles. The van der Waals surface area contributed by atoms with Gasteiger partial charge in [0.15, 0.2) is 0 Å². The van der Waals surface area contributed by atoms with E-state index in [0.29, 0.717) is 32.8 Å². The van der Waals surface area contributed by atoms with Crippen LogP contribution in [0.5, 0.6) is 0 Å². The summed E-state index contributed by atoms with van der Waals surface area (Å²) in [5.74, 6) is -0.231. The number of ether oxygens (including phenoxy) is 1. The average Bonchev–Trinajstić information content (AvgIpc) is 2.64. The first-order valence-electron chi connectivity index (χ1n) is 6.28. The molecule has 0 aromatic heterocycles. The topological polar surface area (TPSA) is 55.8 Å². The minimum atomic E-state index is -0.118. The molecule has 5 nitrogen and oxygen atoms in total. The summed E-state index contributed by atoms with van der Waals surface area (Å²) in [6.45, 7) is 3.96. The predicted molar refractivity (Wildman–Crippen MR) is 70.0 cm³/mol. The van der Waals surface area contributed by atoms with E-state index in [-0.39, 0.29) is 17.7 Å². The highest BCUT2D eigenvalue weighted by molar-refractivity contribution is 7.93. The van der Waals surface area contributed by atoms with Crippen molar-refractivity contribution in [1.82, 2.24) is 4.90 Å². The Labute approximate surface area is 112 Å². The van der Waals surface area contributed by atoms with E-state index in [2.05, 4.69) is 0 Å². The fourth-order valence-electron chi connectivity index (χ4n) is 1.87. The lowest BCUT2D eigenvalue weighted by atomic mass is 10.1. The predicted octanol–water partition coefficient (Wildman–Crippen LogP) is 1.47. The van der Waals surface area contributed by atoms with Crippen LogP contribution in [0.4, 0.5) is 0 Å². The second kappa shape index (κ2) is 8.50. The molecule has 0 spiro atoms. The van der Waals surface area contributed by atoms with Crippen LogP contribution in [0.2, 0.25) is 0 Å². The molecular formula is C12H21NO4S. The zero-order valence-corrected chi connectivity index (χ0v) is 11.8. The second-order valence-corrected chi connectivity index (χ2v) is 4.72. The van der Waals surface area contributed by atoms with E-state index in [1.807, 2.05) is 13.2 Å². The summed E-state index contributed by atoms with van der Waals surface area (Å²) in [6.07, 6.45) is 3.78. The summed E-state index contributed by atoms with van der Waals surface area (Å²) < 4.78 is 10.5. The van der Waals surface area contributed by atoms with Crippen molar-refractivity contribution in [3.05, 3.63) is 0 Å². The number of amides is 2. The number of hydrogen-bond donors (Lipinski definition) is 0. The molecule has 0 saturated carbocycles. The van der Waals surface area contributed by atoms with Gasteiger partial charge in [0.05, 0.1) is 19.8 Å². The van der Waals surface area contributed by atoms with Crippen LogP contribution in [0.1, 0.15) is 26.2 Å². The molecule has 0 aliphatic carbocycles. The number of carbonyl (C=O) groups excluding carboxylic acids is 2. The molecule has 0 aromatic carbocycles. The maximum absolute atomic E-state index is 11.8. The monoisotopic (exact) mass is 275 g/mol. The highest BCUT2D eigenvalue weighted by atomic mass is 32.2. The number of likely N-dealkylation sites (tertiary alicyclic amines) is 1. The van der Waals surface area contributed by atoms with Crippen molar-refractivity contribution >= 4 is 23.9 Å². The van der Waals surface area contributed by atoms with E-state index in [1.54, 1.807) is 0 Å². The van der Waals surface area contributed by atoms with Crippen molar-refractivity contribution in [2.24, 2.45) is 5.92 Å². The third-order valence-electron chi connectivity index (χ3n) is 2.92. The molecule has 0 radical (unpaired) electrons. The van der Waals surface area contributed by atoms with Crippen LogP contribution in [0.15, 0.2) is 0 Å². The lowest BCUT2D eigenvalue weighted by Crippen LogP contribution is -2.33. The van der Waals surface area contributed by atoms with Gasteiger partial charge in [0.1, 0.15) is 0 Å². The highest BCUT2D eigenvalue weighted by Crippen LogP contribution is 2.21. The van der Waals surface area contributed by atoms with Crippen molar-refractivity contribution in [1.29, 1.82) is 0 Å². The van der Waals surface area contributed by atoms with Crippen molar-refractivity contribution < 1.29 is 18.5 Å². The fourth-order valence-corrected chi connectivity index (χ4v) is 2.15. The maximum Gasteiger partial charge on any atom is 0.232 e. The van der Waals surface area contributed by atoms with Gasteiger partial charge >= 0.3 is 0 Å². The van der Waals surface area contributed by atoms with Crippen molar-refractivity contribution in [2.45, 2.75) is 26.2 Å². The second-order valence-electron chi connectivity index (χ2n) is 4.15. The summed E-state index contributed by atoms with van der Waals surface area (Å²) in [6, 6.07) is 0. The summed E-state index contributed by atoms with van der Waals surface area (Å²) >= 11 is 1.34. The van der Waals surface area contributed by atoms with Crippen molar-refractivity contribution in [2.75, 3.05) is 32.6 Å². The Morgan fingerprint density at radius 2 is 2.11 bits per heavy atom. The summed E-state index contributed by atoms with van der Waals surface area (Å²) in [5, 5.41) is 0. The fraction of sp³-hybridized carbons (Fsp3) is 0.833. The van der Waals surface area contributed by atoms with E-state index >= 15 is 0 Å². The molecule has 0 aromatic rings. The largest absolute Gasteiger partial charge is 0.380 e. The molecule has 104 valence electrons. The van der Waals surface area contributed by atoms with Crippen LogP contribution in [0, 0.1) is 5.92 Å². The summed E-state index contributed by atoms with van der Waals surface area (Å²) in [4.78, 5) is 24.7. The number of carbonyl (C=O) groups is 2. The normalized spacial score (nSPS) is 19.9. The van der Waals surface area contributed by atoms with Gasteiger partial charge in [0.2, 0.25) is 11.8 Å². The van der Waals surface area contributed by atoms with Gasteiger partial charge in [-0.2, -0.15) is 0 Å². The number of nitrogens with zero attached hydrogens (tertiary/aromatic N) is 1. The van der Waals surface area contributed by atoms with Crippen molar-refractivity contribution in [3.8, 4) is 0 Å². The Hall–Kier alpha value is -0.590. The van der Waals surface area contributed by atoms with Gasteiger partial charge in [0, 0.05) is 25.2 Å². The van der Waals surface area contributed by atoms with Gasteiger partial charge in [-0.3, -0.25) is 14.5 Å². The quantitative estimate of drug-likeness (QED) is 0.362. The van der Waals surface area contributed by atoms with Crippen LogP contribution in [0.3, 0.4) is 0 Å². The van der Waals surface area contributed by atoms with Crippen molar-refractivity contribution in [3.63, 3.8) is 0 Å². The summed E-state index contributed by atoms with van der Waals surface area (Å²) in [5.41, 5.74) is 0. The first kappa shape index (κ1) is 15.5. The Bertz CT molecular complexity index is 285. The zero-order chi connectivity index (χ0) is 13.4. The lowest BCUT2D eigenvalue weighted by molar-refractivity contribution is -0.140. The van der Waals surface area contributed by atoms with Crippen LogP contribution >= 0.6 is 12.0 Å². The summed E-state index contributed by atoms with van der Waals surface area (Å²) in [7, 11) is 0. The van der Waals surface area contributed by atoms with Crippen LogP contribution in [0.25, 0.3) is 0 Å². The highest BCUT2D eigenvalue weighted by Gasteiger charge is 2.36.